The third-order valence-electron chi connectivity index (χ3n) is 4.49. The lowest BCUT2D eigenvalue weighted by atomic mass is 10.0. The largest absolute Gasteiger partial charge is 0.854 e. The molecular weight excluding hydrogens is 364 g/mol. The number of fused-ring (bicyclic) bond motifs is 3. The van der Waals surface area contributed by atoms with E-state index in [2.05, 4.69) is 10.1 Å². The van der Waals surface area contributed by atoms with Crippen LogP contribution in [0.3, 0.4) is 0 Å². The van der Waals surface area contributed by atoms with Crippen molar-refractivity contribution >= 4 is 23.4 Å². The van der Waals surface area contributed by atoms with Crippen LogP contribution in [-0.2, 0) is 4.79 Å². The molecule has 1 aliphatic heterocycles. The van der Waals surface area contributed by atoms with Gasteiger partial charge in [0.2, 0.25) is 5.91 Å². The van der Waals surface area contributed by atoms with E-state index in [4.69, 9.17) is 4.42 Å². The molecule has 8 heteroatoms. The number of hydrogen-bond donors (Lipinski definition) is 0. The second-order valence-electron chi connectivity index (χ2n) is 6.15. The number of carbonyl (C=O) groups is 1. The Hall–Kier alpha value is -2.87. The summed E-state index contributed by atoms with van der Waals surface area (Å²) in [7, 11) is 0. The molecule has 3 heterocycles. The average Bonchev–Trinajstić information content (AvgIpc) is 3.11. The molecule has 27 heavy (non-hydrogen) atoms. The van der Waals surface area contributed by atoms with E-state index in [9.17, 15) is 9.90 Å². The Kier molecular flexibility index (Phi) is 4.35. The van der Waals surface area contributed by atoms with Crippen molar-refractivity contribution in [3.63, 3.8) is 0 Å². The number of hydrogen-bond acceptors (Lipinski definition) is 6. The van der Waals surface area contributed by atoms with E-state index >= 15 is 0 Å². The van der Waals surface area contributed by atoms with Crippen LogP contribution < -0.4 is 14.7 Å². The number of aryl methyl sites for hydroxylation is 1. The molecule has 4 rings (SSSR count). The highest BCUT2D eigenvalue weighted by molar-refractivity contribution is 7.98. The summed E-state index contributed by atoms with van der Waals surface area (Å²) in [5.74, 6) is 0.798. The van der Waals surface area contributed by atoms with Crippen molar-refractivity contribution in [2.24, 2.45) is 0 Å². The van der Waals surface area contributed by atoms with E-state index in [1.165, 1.54) is 11.8 Å². The Morgan fingerprint density at radius 2 is 2.11 bits per heavy atom. The van der Waals surface area contributed by atoms with Gasteiger partial charge in [0.05, 0.1) is 17.1 Å². The summed E-state index contributed by atoms with van der Waals surface area (Å²) in [6.45, 7) is 3.64. The molecule has 0 spiro atoms. The fraction of sp³-hybridized carbons (Fsp3) is 0.263. The molecule has 0 bridgehead atoms. The van der Waals surface area contributed by atoms with E-state index in [-0.39, 0.29) is 11.8 Å². The smallest absolute Gasteiger partial charge is 0.325 e. The maximum Gasteiger partial charge on any atom is 0.325 e. The van der Waals surface area contributed by atoms with Gasteiger partial charge in [0.1, 0.15) is 5.76 Å². The zero-order chi connectivity index (χ0) is 19.1. The Morgan fingerprint density at radius 1 is 1.33 bits per heavy atom. The van der Waals surface area contributed by atoms with Crippen LogP contribution in [0.2, 0.25) is 0 Å². The van der Waals surface area contributed by atoms with Gasteiger partial charge in [-0.25, -0.2) is 9.88 Å². The summed E-state index contributed by atoms with van der Waals surface area (Å²) in [4.78, 5) is 18.6. The zero-order valence-corrected chi connectivity index (χ0v) is 16.0. The maximum atomic E-state index is 12.9. The lowest BCUT2D eigenvalue weighted by Gasteiger charge is -2.32. The quantitative estimate of drug-likeness (QED) is 0.511. The molecule has 0 aliphatic carbocycles. The van der Waals surface area contributed by atoms with Gasteiger partial charge in [-0.15, -0.1) is 0 Å². The van der Waals surface area contributed by atoms with Crippen LogP contribution in [0.1, 0.15) is 31.0 Å². The number of furan rings is 1. The molecule has 1 amide bonds. The van der Waals surface area contributed by atoms with Crippen LogP contribution >= 0.6 is 11.8 Å². The minimum atomic E-state index is -0.683. The lowest BCUT2D eigenvalue weighted by Crippen LogP contribution is -2.59. The molecule has 0 N–H and O–H groups in total. The van der Waals surface area contributed by atoms with Gasteiger partial charge in [0.15, 0.2) is 5.76 Å². The maximum absolute atomic E-state index is 12.9. The topological polar surface area (TPSA) is 86.2 Å². The van der Waals surface area contributed by atoms with Crippen molar-refractivity contribution in [2.45, 2.75) is 31.6 Å². The van der Waals surface area contributed by atoms with E-state index in [1.807, 2.05) is 50.2 Å². The molecule has 0 saturated heterocycles. The van der Waals surface area contributed by atoms with Crippen LogP contribution in [0.5, 0.6) is 5.88 Å². The standard InChI is InChI=1S/C19H18N4O3S/c1-4-15(24)22-13-8-6-5-7-12(13)16-17(25)20-19(27-3)21-23(16)18(22)14-10-9-11(2)26-14/h5-10,18H,4H2,1-3H3. The van der Waals surface area contributed by atoms with Gasteiger partial charge in [0, 0.05) is 11.5 Å². The van der Waals surface area contributed by atoms with Crippen LogP contribution in [0.4, 0.5) is 5.69 Å². The fourth-order valence-electron chi connectivity index (χ4n) is 3.31. The number of thioether (sulfide) groups is 1. The summed E-state index contributed by atoms with van der Waals surface area (Å²) >= 11 is 1.28. The first kappa shape index (κ1) is 17.5. The third kappa shape index (κ3) is 2.76. The highest BCUT2D eigenvalue weighted by atomic mass is 32.2. The Labute approximate surface area is 160 Å². The molecule has 1 atom stereocenters. The lowest BCUT2D eigenvalue weighted by molar-refractivity contribution is -0.765. The van der Waals surface area contributed by atoms with E-state index in [0.717, 1.165) is 5.76 Å². The fourth-order valence-corrected chi connectivity index (χ4v) is 3.65. The average molecular weight is 382 g/mol. The second-order valence-corrected chi connectivity index (χ2v) is 6.93. The number of carbonyl (C=O) groups excluding carboxylic acids is 1. The van der Waals surface area contributed by atoms with Gasteiger partial charge in [-0.2, -0.15) is 0 Å². The Balaban J connectivity index is 2.07. The van der Waals surface area contributed by atoms with Crippen molar-refractivity contribution in [3.05, 3.63) is 47.9 Å². The minimum absolute atomic E-state index is 0.0867. The molecule has 7 nitrogen and oxygen atoms in total. The van der Waals surface area contributed by atoms with Crippen molar-refractivity contribution in [2.75, 3.05) is 11.2 Å². The van der Waals surface area contributed by atoms with Crippen molar-refractivity contribution < 1.29 is 19.0 Å². The summed E-state index contributed by atoms with van der Waals surface area (Å²) in [6, 6.07) is 11.0. The monoisotopic (exact) mass is 382 g/mol. The molecule has 0 fully saturated rings. The molecule has 1 unspecified atom stereocenters. The van der Waals surface area contributed by atoms with E-state index in [0.29, 0.717) is 34.3 Å². The Morgan fingerprint density at radius 3 is 2.78 bits per heavy atom. The summed E-state index contributed by atoms with van der Waals surface area (Å²) < 4.78 is 7.41. The van der Waals surface area contributed by atoms with Gasteiger partial charge in [-0.3, -0.25) is 4.79 Å². The first-order chi connectivity index (χ1) is 13.0. The number of nitrogens with zero attached hydrogens (tertiary/aromatic N) is 4. The highest BCUT2D eigenvalue weighted by Crippen LogP contribution is 2.41. The van der Waals surface area contributed by atoms with Gasteiger partial charge in [-0.1, -0.05) is 30.8 Å². The molecule has 2 aromatic heterocycles. The number of rotatable bonds is 3. The second kappa shape index (κ2) is 6.70. The van der Waals surface area contributed by atoms with Gasteiger partial charge < -0.3 is 9.52 Å². The molecule has 0 saturated carbocycles. The van der Waals surface area contributed by atoms with Crippen LogP contribution in [-0.4, -0.2) is 22.2 Å². The van der Waals surface area contributed by atoms with Crippen LogP contribution in [0.15, 0.2) is 46.0 Å². The molecule has 3 aromatic rings. The van der Waals surface area contributed by atoms with Gasteiger partial charge in [0.25, 0.3) is 10.9 Å². The van der Waals surface area contributed by atoms with Crippen LogP contribution in [0, 0.1) is 6.92 Å². The summed E-state index contributed by atoms with van der Waals surface area (Å²) in [5.41, 5.74) is 1.64. The highest BCUT2D eigenvalue weighted by Gasteiger charge is 2.46. The van der Waals surface area contributed by atoms with Crippen molar-refractivity contribution in [1.82, 2.24) is 10.1 Å². The molecule has 138 valence electrons. The molecule has 1 aromatic carbocycles. The number of para-hydroxylation sites is 1. The first-order valence-corrected chi connectivity index (χ1v) is 9.80. The summed E-state index contributed by atoms with van der Waals surface area (Å²) in [6.07, 6.45) is 1.43. The number of aromatic nitrogens is 3. The zero-order valence-electron chi connectivity index (χ0n) is 15.2. The third-order valence-corrected chi connectivity index (χ3v) is 5.02. The summed E-state index contributed by atoms with van der Waals surface area (Å²) in [5, 5.41) is 17.7. The molecule has 0 radical (unpaired) electrons. The Bertz CT molecular complexity index is 1030. The predicted molar refractivity (Wildman–Crippen MR) is 98.3 cm³/mol. The number of benzene rings is 1. The first-order valence-electron chi connectivity index (χ1n) is 8.57. The SMILES string of the molecule is CCC(=O)N1c2ccccc2-c2c([O-])nc(SC)n[n+]2C1c1ccc(C)o1. The van der Waals surface area contributed by atoms with Gasteiger partial charge in [-0.05, 0) is 42.1 Å². The van der Waals surface area contributed by atoms with E-state index < -0.39 is 6.17 Å². The van der Waals surface area contributed by atoms with Crippen molar-refractivity contribution in [1.29, 1.82) is 0 Å². The number of amides is 1. The van der Waals surface area contributed by atoms with Crippen molar-refractivity contribution in [3.8, 4) is 17.1 Å². The molecule has 1 aliphatic rings. The molecular formula is C19H18N4O3S. The normalized spacial score (nSPS) is 15.4. The van der Waals surface area contributed by atoms with E-state index in [1.54, 1.807) is 15.8 Å². The predicted octanol–water partition coefficient (Wildman–Crippen LogP) is 2.43. The number of anilines is 1. The van der Waals surface area contributed by atoms with Crippen LogP contribution in [0.25, 0.3) is 11.3 Å². The minimum Gasteiger partial charge on any atom is -0.854 e. The van der Waals surface area contributed by atoms with Gasteiger partial charge >= 0.3 is 6.17 Å².